The normalized spacial score (nSPS) is 10.3. The first-order valence-corrected chi connectivity index (χ1v) is 8.30. The van der Waals surface area contributed by atoms with E-state index < -0.39 is 10.8 Å². The minimum atomic E-state index is -0.578. The SMILES string of the molecule is CCN(CC)c1ccc(CNC(=O)c2ccc(OC)c([N+](=O)[O-])c2)cn1. The van der Waals surface area contributed by atoms with Crippen molar-refractivity contribution in [3.05, 3.63) is 57.8 Å². The van der Waals surface area contributed by atoms with Crippen molar-refractivity contribution in [3.63, 3.8) is 0 Å². The van der Waals surface area contributed by atoms with E-state index in [2.05, 4.69) is 29.0 Å². The fraction of sp³-hybridized carbons (Fsp3) is 0.333. The summed E-state index contributed by atoms with van der Waals surface area (Å²) in [6.45, 7) is 6.15. The highest BCUT2D eigenvalue weighted by molar-refractivity contribution is 5.95. The molecule has 8 nitrogen and oxygen atoms in total. The van der Waals surface area contributed by atoms with Crippen LogP contribution in [0, 0.1) is 10.1 Å². The van der Waals surface area contributed by atoms with Crippen LogP contribution in [0.15, 0.2) is 36.5 Å². The van der Waals surface area contributed by atoms with Crippen LogP contribution in [0.4, 0.5) is 11.5 Å². The minimum Gasteiger partial charge on any atom is -0.490 e. The summed E-state index contributed by atoms with van der Waals surface area (Å²) in [5, 5.41) is 13.8. The molecule has 0 aliphatic rings. The molecule has 0 atom stereocenters. The number of nitro benzene ring substituents is 1. The smallest absolute Gasteiger partial charge is 0.311 e. The molecule has 0 spiro atoms. The molecule has 26 heavy (non-hydrogen) atoms. The van der Waals surface area contributed by atoms with Crippen molar-refractivity contribution < 1.29 is 14.5 Å². The number of nitrogens with one attached hydrogen (secondary N) is 1. The van der Waals surface area contributed by atoms with Gasteiger partial charge in [0.2, 0.25) is 0 Å². The predicted molar refractivity (Wildman–Crippen MR) is 98.6 cm³/mol. The van der Waals surface area contributed by atoms with Gasteiger partial charge in [-0.05, 0) is 37.6 Å². The van der Waals surface area contributed by atoms with Gasteiger partial charge >= 0.3 is 5.69 Å². The number of ether oxygens (including phenoxy) is 1. The Labute approximate surface area is 152 Å². The highest BCUT2D eigenvalue weighted by Gasteiger charge is 2.18. The van der Waals surface area contributed by atoms with Gasteiger partial charge in [-0.2, -0.15) is 0 Å². The summed E-state index contributed by atoms with van der Waals surface area (Å²) in [6.07, 6.45) is 1.71. The van der Waals surface area contributed by atoms with E-state index >= 15 is 0 Å². The van der Waals surface area contributed by atoms with Gasteiger partial charge in [0.05, 0.1) is 12.0 Å². The lowest BCUT2D eigenvalue weighted by molar-refractivity contribution is -0.385. The number of nitrogens with zero attached hydrogens (tertiary/aromatic N) is 3. The molecule has 0 radical (unpaired) electrons. The van der Waals surface area contributed by atoms with E-state index in [-0.39, 0.29) is 23.5 Å². The third-order valence-corrected chi connectivity index (χ3v) is 3.99. The maximum Gasteiger partial charge on any atom is 0.311 e. The fourth-order valence-electron chi connectivity index (χ4n) is 2.51. The molecule has 138 valence electrons. The van der Waals surface area contributed by atoms with Gasteiger partial charge in [0, 0.05) is 37.5 Å². The van der Waals surface area contributed by atoms with Crippen molar-refractivity contribution in [3.8, 4) is 5.75 Å². The summed E-state index contributed by atoms with van der Waals surface area (Å²) < 4.78 is 4.93. The molecule has 8 heteroatoms. The van der Waals surface area contributed by atoms with Crippen molar-refractivity contribution in [1.29, 1.82) is 0 Å². The van der Waals surface area contributed by atoms with Crippen LogP contribution in [0.25, 0.3) is 0 Å². The summed E-state index contributed by atoms with van der Waals surface area (Å²) in [6, 6.07) is 7.91. The number of pyridine rings is 1. The summed E-state index contributed by atoms with van der Waals surface area (Å²) >= 11 is 0. The van der Waals surface area contributed by atoms with E-state index in [9.17, 15) is 14.9 Å². The molecular formula is C18H22N4O4. The number of carbonyl (C=O) groups excluding carboxylic acids is 1. The maximum atomic E-state index is 12.3. The van der Waals surface area contributed by atoms with Crippen LogP contribution in [0.5, 0.6) is 5.75 Å². The van der Waals surface area contributed by atoms with Crippen molar-refractivity contribution >= 4 is 17.4 Å². The van der Waals surface area contributed by atoms with Crippen molar-refractivity contribution in [1.82, 2.24) is 10.3 Å². The second-order valence-corrected chi connectivity index (χ2v) is 5.52. The second-order valence-electron chi connectivity index (χ2n) is 5.52. The van der Waals surface area contributed by atoms with Crippen LogP contribution in [-0.2, 0) is 6.54 Å². The number of benzene rings is 1. The van der Waals surface area contributed by atoms with E-state index in [0.717, 1.165) is 24.5 Å². The molecule has 1 aromatic heterocycles. The number of rotatable bonds is 8. The quantitative estimate of drug-likeness (QED) is 0.576. The fourth-order valence-corrected chi connectivity index (χ4v) is 2.51. The molecule has 1 N–H and O–H groups in total. The van der Waals surface area contributed by atoms with Crippen LogP contribution < -0.4 is 15.0 Å². The van der Waals surface area contributed by atoms with Crippen molar-refractivity contribution in [2.75, 3.05) is 25.1 Å². The van der Waals surface area contributed by atoms with Gasteiger partial charge in [-0.25, -0.2) is 4.98 Å². The lowest BCUT2D eigenvalue weighted by atomic mass is 10.1. The Balaban J connectivity index is 2.04. The van der Waals surface area contributed by atoms with E-state index in [1.807, 2.05) is 12.1 Å². The third kappa shape index (κ3) is 4.47. The first-order valence-electron chi connectivity index (χ1n) is 8.30. The molecule has 2 rings (SSSR count). The zero-order valence-electron chi connectivity index (χ0n) is 15.1. The third-order valence-electron chi connectivity index (χ3n) is 3.99. The Morgan fingerprint density at radius 1 is 1.27 bits per heavy atom. The van der Waals surface area contributed by atoms with Crippen LogP contribution in [0.3, 0.4) is 0 Å². The molecule has 0 fully saturated rings. The Bertz CT molecular complexity index is 773. The summed E-state index contributed by atoms with van der Waals surface area (Å²) in [5.41, 5.74) is 0.799. The molecule has 2 aromatic rings. The first kappa shape index (κ1) is 19.2. The van der Waals surface area contributed by atoms with Gasteiger partial charge < -0.3 is 15.0 Å². The standard InChI is InChI=1S/C18H22N4O4/c1-4-21(5-2)17-9-6-13(11-19-17)12-20-18(23)14-7-8-16(26-3)15(10-14)22(24)25/h6-11H,4-5,12H2,1-3H3,(H,20,23). The van der Waals surface area contributed by atoms with Crippen LogP contribution in [-0.4, -0.2) is 36.0 Å². The Morgan fingerprint density at radius 3 is 2.54 bits per heavy atom. The Morgan fingerprint density at radius 2 is 2.00 bits per heavy atom. The van der Waals surface area contributed by atoms with E-state index in [4.69, 9.17) is 4.74 Å². The van der Waals surface area contributed by atoms with Gasteiger partial charge in [-0.1, -0.05) is 6.07 Å². The van der Waals surface area contributed by atoms with Crippen LogP contribution in [0.2, 0.25) is 0 Å². The molecule has 0 unspecified atom stereocenters. The molecule has 0 saturated carbocycles. The molecule has 0 aliphatic heterocycles. The molecular weight excluding hydrogens is 336 g/mol. The molecule has 1 aromatic carbocycles. The highest BCUT2D eigenvalue weighted by atomic mass is 16.6. The summed E-state index contributed by atoms with van der Waals surface area (Å²) in [7, 11) is 1.34. The van der Waals surface area contributed by atoms with Gasteiger partial charge in [-0.15, -0.1) is 0 Å². The lowest BCUT2D eigenvalue weighted by Crippen LogP contribution is -2.24. The summed E-state index contributed by atoms with van der Waals surface area (Å²) in [5.74, 6) is 0.599. The second kappa shape index (κ2) is 8.80. The zero-order valence-corrected chi connectivity index (χ0v) is 15.1. The van der Waals surface area contributed by atoms with Gasteiger partial charge in [0.25, 0.3) is 5.91 Å². The van der Waals surface area contributed by atoms with Gasteiger partial charge in [-0.3, -0.25) is 14.9 Å². The van der Waals surface area contributed by atoms with E-state index in [1.54, 1.807) is 6.20 Å². The van der Waals surface area contributed by atoms with Crippen molar-refractivity contribution in [2.24, 2.45) is 0 Å². The average molecular weight is 358 g/mol. The van der Waals surface area contributed by atoms with E-state index in [0.29, 0.717) is 0 Å². The van der Waals surface area contributed by atoms with Crippen molar-refractivity contribution in [2.45, 2.75) is 20.4 Å². The van der Waals surface area contributed by atoms with E-state index in [1.165, 1.54) is 25.3 Å². The molecule has 0 aliphatic carbocycles. The number of methoxy groups -OCH3 is 1. The zero-order chi connectivity index (χ0) is 19.1. The number of nitro groups is 1. The molecule has 0 saturated heterocycles. The molecule has 0 bridgehead atoms. The number of aromatic nitrogens is 1. The monoisotopic (exact) mass is 358 g/mol. The predicted octanol–water partition coefficient (Wildman–Crippen LogP) is 2.77. The maximum absolute atomic E-state index is 12.3. The number of hydrogen-bond acceptors (Lipinski definition) is 6. The Hall–Kier alpha value is -3.16. The minimum absolute atomic E-state index is 0.114. The Kier molecular flexibility index (Phi) is 6.48. The lowest BCUT2D eigenvalue weighted by Gasteiger charge is -2.19. The number of hydrogen-bond donors (Lipinski definition) is 1. The summed E-state index contributed by atoms with van der Waals surface area (Å²) in [4.78, 5) is 29.3. The largest absolute Gasteiger partial charge is 0.490 e. The molecule has 1 heterocycles. The average Bonchev–Trinajstić information content (AvgIpc) is 2.67. The highest BCUT2D eigenvalue weighted by Crippen LogP contribution is 2.27. The topological polar surface area (TPSA) is 97.6 Å². The van der Waals surface area contributed by atoms with Gasteiger partial charge in [0.1, 0.15) is 5.82 Å². The first-order chi connectivity index (χ1) is 12.5. The number of amides is 1. The molecule has 1 amide bonds. The number of anilines is 1. The number of carbonyl (C=O) groups is 1. The van der Waals surface area contributed by atoms with Crippen LogP contribution in [0.1, 0.15) is 29.8 Å². The van der Waals surface area contributed by atoms with Gasteiger partial charge in [0.15, 0.2) is 5.75 Å². The van der Waals surface area contributed by atoms with Crippen LogP contribution >= 0.6 is 0 Å².